The molecule has 0 aromatic carbocycles. The Morgan fingerprint density at radius 2 is 1.67 bits per heavy atom. The first-order valence-corrected chi connectivity index (χ1v) is 10.3. The Morgan fingerprint density at radius 3 is 2.26 bits per heavy atom. The summed E-state index contributed by atoms with van der Waals surface area (Å²) in [4.78, 5) is 26.5. The maximum absolute atomic E-state index is 12.6. The molecule has 1 saturated heterocycles. The second kappa shape index (κ2) is 6.24. The number of anilines is 1. The van der Waals surface area contributed by atoms with Crippen molar-refractivity contribution in [2.75, 3.05) is 25.5 Å². The van der Waals surface area contributed by atoms with E-state index in [1.165, 1.54) is 32.1 Å². The van der Waals surface area contributed by atoms with Crippen LogP contribution in [0.25, 0.3) is 0 Å². The minimum atomic E-state index is -0.291. The van der Waals surface area contributed by atoms with E-state index in [2.05, 4.69) is 15.7 Å². The monoisotopic (exact) mass is 371 g/mol. The first kappa shape index (κ1) is 17.1. The van der Waals surface area contributed by atoms with Crippen LogP contribution in [0, 0.1) is 35.5 Å². The van der Waals surface area contributed by atoms with Gasteiger partial charge < -0.3 is 15.5 Å². The van der Waals surface area contributed by atoms with Crippen molar-refractivity contribution in [3.05, 3.63) is 11.9 Å². The quantitative estimate of drug-likeness (QED) is 0.856. The largest absolute Gasteiger partial charge is 0.354 e. The van der Waals surface area contributed by atoms with E-state index in [0.717, 1.165) is 42.7 Å². The van der Waals surface area contributed by atoms with Gasteiger partial charge >= 0.3 is 6.03 Å². The van der Waals surface area contributed by atoms with Crippen LogP contribution in [-0.4, -0.2) is 46.8 Å². The molecule has 3 amide bonds. The van der Waals surface area contributed by atoms with Crippen LogP contribution < -0.4 is 10.6 Å². The highest BCUT2D eigenvalue weighted by molar-refractivity contribution is 6.01. The number of hydrogen-bond acceptors (Lipinski definition) is 3. The average Bonchev–Trinajstić information content (AvgIpc) is 2.94. The Kier molecular flexibility index (Phi) is 3.95. The van der Waals surface area contributed by atoms with Crippen molar-refractivity contribution in [1.29, 1.82) is 0 Å². The molecule has 6 rings (SSSR count). The van der Waals surface area contributed by atoms with Crippen LogP contribution >= 0.6 is 0 Å². The maximum atomic E-state index is 12.6. The number of nitrogens with zero attached hydrogens (tertiary/aromatic N) is 3. The van der Waals surface area contributed by atoms with Gasteiger partial charge in [-0.2, -0.15) is 5.10 Å². The average molecular weight is 371 g/mol. The van der Waals surface area contributed by atoms with Gasteiger partial charge in [0.1, 0.15) is 0 Å². The van der Waals surface area contributed by atoms with Crippen molar-refractivity contribution in [3.63, 3.8) is 0 Å². The van der Waals surface area contributed by atoms with Gasteiger partial charge in [-0.25, -0.2) is 4.79 Å². The van der Waals surface area contributed by atoms with Crippen molar-refractivity contribution in [2.45, 2.75) is 32.1 Å². The van der Waals surface area contributed by atoms with Crippen molar-refractivity contribution >= 4 is 17.6 Å². The standard InChI is InChI=1S/C20H29N5O2/c1-21-19(26)18-16(10-24(2)23-18)22-20(27)25-8-15(9-25)17-13-4-11-3-12(6-13)7-14(17)5-11/h10-15,17H,3-9H2,1-2H3,(H,21,26)(H,22,27). The lowest BCUT2D eigenvalue weighted by Crippen LogP contribution is -2.59. The molecule has 2 N–H and O–H groups in total. The van der Waals surface area contributed by atoms with Crippen LogP contribution in [-0.2, 0) is 7.05 Å². The van der Waals surface area contributed by atoms with E-state index in [9.17, 15) is 9.59 Å². The molecule has 2 heterocycles. The lowest BCUT2D eigenvalue weighted by molar-refractivity contribution is -0.0873. The lowest BCUT2D eigenvalue weighted by atomic mass is 9.49. The number of amides is 3. The van der Waals surface area contributed by atoms with Crippen molar-refractivity contribution < 1.29 is 9.59 Å². The molecule has 7 nitrogen and oxygen atoms in total. The molecule has 0 radical (unpaired) electrons. The molecule has 5 aliphatic rings. The third kappa shape index (κ3) is 2.82. The van der Waals surface area contributed by atoms with Crippen LogP contribution in [0.15, 0.2) is 6.20 Å². The van der Waals surface area contributed by atoms with Crippen LogP contribution in [0.2, 0.25) is 0 Å². The van der Waals surface area contributed by atoms with E-state index in [1.54, 1.807) is 25.0 Å². The normalized spacial score (nSPS) is 34.4. The molecule has 1 aliphatic heterocycles. The lowest BCUT2D eigenvalue weighted by Gasteiger charge is -2.59. The van der Waals surface area contributed by atoms with Gasteiger partial charge in [-0.15, -0.1) is 0 Å². The van der Waals surface area contributed by atoms with E-state index in [4.69, 9.17) is 0 Å². The number of rotatable bonds is 3. The second-order valence-electron chi connectivity index (χ2n) is 9.25. The Labute approximate surface area is 159 Å². The van der Waals surface area contributed by atoms with Gasteiger partial charge in [0.25, 0.3) is 5.91 Å². The zero-order valence-electron chi connectivity index (χ0n) is 16.1. The zero-order valence-corrected chi connectivity index (χ0v) is 16.1. The number of aromatic nitrogens is 2. The van der Waals surface area contributed by atoms with E-state index in [1.807, 2.05) is 4.90 Å². The fourth-order valence-corrected chi connectivity index (χ4v) is 6.72. The van der Waals surface area contributed by atoms with E-state index in [0.29, 0.717) is 11.6 Å². The summed E-state index contributed by atoms with van der Waals surface area (Å²) < 4.78 is 1.55. The third-order valence-corrected chi connectivity index (χ3v) is 7.55. The molecule has 0 unspecified atom stereocenters. The molecule has 27 heavy (non-hydrogen) atoms. The van der Waals surface area contributed by atoms with Gasteiger partial charge in [-0.05, 0) is 67.6 Å². The third-order valence-electron chi connectivity index (χ3n) is 7.55. The number of likely N-dealkylation sites (tertiary alicyclic amines) is 1. The first-order valence-electron chi connectivity index (χ1n) is 10.3. The predicted octanol–water partition coefficient (Wildman–Crippen LogP) is 2.32. The summed E-state index contributed by atoms with van der Waals surface area (Å²) in [7, 11) is 3.31. The number of urea groups is 1. The Bertz CT molecular complexity index is 738. The predicted molar refractivity (Wildman–Crippen MR) is 101 cm³/mol. The highest BCUT2D eigenvalue weighted by Gasteiger charge is 2.52. The molecule has 4 aliphatic carbocycles. The van der Waals surface area contributed by atoms with Gasteiger partial charge in [0.15, 0.2) is 5.69 Å². The number of carbonyl (C=O) groups is 2. The molecular formula is C20H29N5O2. The summed E-state index contributed by atoms with van der Waals surface area (Å²) in [6.45, 7) is 1.71. The molecule has 4 saturated carbocycles. The first-order chi connectivity index (χ1) is 13.0. The summed E-state index contributed by atoms with van der Waals surface area (Å²) in [6, 6.07) is -0.117. The molecule has 1 aromatic rings. The molecule has 146 valence electrons. The number of nitrogens with one attached hydrogen (secondary N) is 2. The number of carbonyl (C=O) groups excluding carboxylic acids is 2. The Hall–Kier alpha value is -2.05. The maximum Gasteiger partial charge on any atom is 0.321 e. The van der Waals surface area contributed by atoms with E-state index >= 15 is 0 Å². The van der Waals surface area contributed by atoms with Crippen molar-refractivity contribution in [1.82, 2.24) is 20.0 Å². The zero-order chi connectivity index (χ0) is 18.7. The van der Waals surface area contributed by atoms with Gasteiger partial charge in [0.05, 0.1) is 5.69 Å². The fraction of sp³-hybridized carbons (Fsp3) is 0.750. The second-order valence-corrected chi connectivity index (χ2v) is 9.25. The van der Waals surface area contributed by atoms with E-state index in [-0.39, 0.29) is 17.6 Å². The van der Waals surface area contributed by atoms with Gasteiger partial charge in [0, 0.05) is 33.4 Å². The van der Waals surface area contributed by atoms with Gasteiger partial charge in [-0.3, -0.25) is 9.48 Å². The summed E-state index contributed by atoms with van der Waals surface area (Å²) in [5, 5.41) is 9.59. The Morgan fingerprint density at radius 1 is 1.04 bits per heavy atom. The highest BCUT2D eigenvalue weighted by atomic mass is 16.2. The van der Waals surface area contributed by atoms with Crippen molar-refractivity contribution in [2.24, 2.45) is 42.6 Å². The topological polar surface area (TPSA) is 79.3 Å². The summed E-state index contributed by atoms with van der Waals surface area (Å²) in [5.74, 6) is 5.03. The summed E-state index contributed by atoms with van der Waals surface area (Å²) in [6.07, 6.45) is 8.91. The molecular weight excluding hydrogens is 342 g/mol. The van der Waals surface area contributed by atoms with Crippen LogP contribution in [0.5, 0.6) is 0 Å². The van der Waals surface area contributed by atoms with Gasteiger partial charge in [-0.1, -0.05) is 0 Å². The number of hydrogen-bond donors (Lipinski definition) is 2. The van der Waals surface area contributed by atoms with Crippen LogP contribution in [0.3, 0.4) is 0 Å². The molecule has 7 heteroatoms. The Balaban J connectivity index is 1.20. The van der Waals surface area contributed by atoms with E-state index < -0.39 is 0 Å². The minimum absolute atomic E-state index is 0.117. The molecule has 1 aromatic heterocycles. The van der Waals surface area contributed by atoms with Crippen LogP contribution in [0.4, 0.5) is 10.5 Å². The smallest absolute Gasteiger partial charge is 0.321 e. The van der Waals surface area contributed by atoms with Crippen molar-refractivity contribution in [3.8, 4) is 0 Å². The molecule has 5 fully saturated rings. The summed E-state index contributed by atoms with van der Waals surface area (Å²) in [5.41, 5.74) is 0.728. The molecule has 0 atom stereocenters. The summed E-state index contributed by atoms with van der Waals surface area (Å²) >= 11 is 0. The molecule has 0 spiro atoms. The minimum Gasteiger partial charge on any atom is -0.354 e. The fourth-order valence-electron chi connectivity index (χ4n) is 6.72. The number of aryl methyl sites for hydroxylation is 1. The van der Waals surface area contributed by atoms with Crippen LogP contribution in [0.1, 0.15) is 42.6 Å². The highest BCUT2D eigenvalue weighted by Crippen LogP contribution is 2.59. The SMILES string of the molecule is CNC(=O)c1nn(C)cc1NC(=O)N1CC(C2C3CC4CC(C3)CC2C4)C1. The molecule has 4 bridgehead atoms. The van der Waals surface area contributed by atoms with Gasteiger partial charge in [0.2, 0.25) is 0 Å².